The molecule has 0 fully saturated rings. The summed E-state index contributed by atoms with van der Waals surface area (Å²) < 4.78 is 0. The van der Waals surface area contributed by atoms with Crippen LogP contribution in [0.4, 0.5) is 0 Å². The van der Waals surface area contributed by atoms with Crippen LogP contribution < -0.4 is 0 Å². The molecule has 0 saturated carbocycles. The van der Waals surface area contributed by atoms with E-state index in [1.165, 1.54) is 43.4 Å². The highest BCUT2D eigenvalue weighted by Crippen LogP contribution is 2.39. The summed E-state index contributed by atoms with van der Waals surface area (Å²) in [5.41, 5.74) is 10.5. The second-order valence-electron chi connectivity index (χ2n) is 13.2. The predicted octanol–water partition coefficient (Wildman–Crippen LogP) is 12.8. The number of hydrogen-bond acceptors (Lipinski definition) is 3. The summed E-state index contributed by atoms with van der Waals surface area (Å²) in [5, 5.41) is 8.74. The second-order valence-corrected chi connectivity index (χ2v) is 13.2. The first-order valence-corrected chi connectivity index (χ1v) is 17.6. The Bertz CT molecular complexity index is 2930. The summed E-state index contributed by atoms with van der Waals surface area (Å²) in [6, 6.07) is 64.4. The van der Waals surface area contributed by atoms with Gasteiger partial charge < -0.3 is 0 Å². The van der Waals surface area contributed by atoms with Gasteiger partial charge in [-0.15, -0.1) is 0 Å². The fraction of sp³-hybridized carbons (Fsp3) is 0. The van der Waals surface area contributed by atoms with Gasteiger partial charge in [-0.2, -0.15) is 0 Å². The van der Waals surface area contributed by atoms with Crippen LogP contribution in [0.3, 0.4) is 0 Å². The Morgan fingerprint density at radius 3 is 1.65 bits per heavy atom. The summed E-state index contributed by atoms with van der Waals surface area (Å²) in [7, 11) is 0. The maximum absolute atomic E-state index is 5.15. The molecule has 242 valence electrons. The van der Waals surface area contributed by atoms with Crippen LogP contribution in [-0.4, -0.2) is 15.0 Å². The molecule has 10 aromatic rings. The number of hydrogen-bond donors (Lipinski definition) is 0. The van der Waals surface area contributed by atoms with E-state index in [0.29, 0.717) is 5.82 Å². The summed E-state index contributed by atoms with van der Waals surface area (Å²) in [5.74, 6) is 0.694. The summed E-state index contributed by atoms with van der Waals surface area (Å²) >= 11 is 0. The highest BCUT2D eigenvalue weighted by Gasteiger charge is 2.14. The molecule has 0 aliphatic carbocycles. The van der Waals surface area contributed by atoms with Gasteiger partial charge in [0, 0.05) is 28.3 Å². The molecule has 0 atom stereocenters. The normalized spacial score (nSPS) is 11.5. The van der Waals surface area contributed by atoms with Gasteiger partial charge in [0.25, 0.3) is 0 Å². The maximum atomic E-state index is 5.15. The smallest absolute Gasteiger partial charge is 0.160 e. The number of nitrogens with zero attached hydrogens (tertiary/aromatic N) is 3. The Morgan fingerprint density at radius 2 is 0.885 bits per heavy atom. The van der Waals surface area contributed by atoms with Crippen molar-refractivity contribution >= 4 is 43.2 Å². The topological polar surface area (TPSA) is 38.7 Å². The minimum Gasteiger partial charge on any atom is -0.256 e. The number of pyridine rings is 1. The minimum atomic E-state index is 0.694. The van der Waals surface area contributed by atoms with Gasteiger partial charge in [-0.3, -0.25) is 4.98 Å². The van der Waals surface area contributed by atoms with Crippen molar-refractivity contribution in [1.82, 2.24) is 15.0 Å². The molecule has 3 heteroatoms. The quantitative estimate of drug-likeness (QED) is 0.172. The van der Waals surface area contributed by atoms with Gasteiger partial charge in [-0.05, 0) is 78.8 Å². The number of benzene rings is 8. The van der Waals surface area contributed by atoms with E-state index in [9.17, 15) is 0 Å². The highest BCUT2D eigenvalue weighted by molar-refractivity contribution is 6.23. The van der Waals surface area contributed by atoms with E-state index in [2.05, 4.69) is 175 Å². The first kappa shape index (κ1) is 29.9. The zero-order chi connectivity index (χ0) is 34.4. The molecule has 0 radical (unpaired) electrons. The van der Waals surface area contributed by atoms with Crippen LogP contribution in [-0.2, 0) is 0 Å². The number of rotatable bonds is 5. The van der Waals surface area contributed by atoms with Crippen LogP contribution in [0.15, 0.2) is 188 Å². The van der Waals surface area contributed by atoms with Crippen molar-refractivity contribution in [3.8, 4) is 56.2 Å². The Kier molecular flexibility index (Phi) is 7.14. The number of para-hydroxylation sites is 1. The average Bonchev–Trinajstić information content (AvgIpc) is 3.23. The first-order chi connectivity index (χ1) is 25.8. The van der Waals surface area contributed by atoms with Crippen LogP contribution >= 0.6 is 0 Å². The third-order valence-corrected chi connectivity index (χ3v) is 10.1. The summed E-state index contributed by atoms with van der Waals surface area (Å²) in [6.45, 7) is 0. The summed E-state index contributed by atoms with van der Waals surface area (Å²) in [6.07, 6.45) is 1.87. The van der Waals surface area contributed by atoms with E-state index >= 15 is 0 Å². The zero-order valence-electron chi connectivity index (χ0n) is 28.2. The molecule has 0 saturated heterocycles. The molecule has 0 aliphatic rings. The fourth-order valence-electron chi connectivity index (χ4n) is 7.57. The molecule has 0 unspecified atom stereocenters. The van der Waals surface area contributed by atoms with E-state index in [4.69, 9.17) is 9.97 Å². The number of aromatic nitrogens is 3. The third-order valence-electron chi connectivity index (χ3n) is 10.1. The van der Waals surface area contributed by atoms with Gasteiger partial charge in [0.2, 0.25) is 0 Å². The Morgan fingerprint density at radius 1 is 0.327 bits per heavy atom. The van der Waals surface area contributed by atoms with Crippen molar-refractivity contribution in [1.29, 1.82) is 0 Å². The SMILES string of the molecule is c1ccc(-c2cc(-c3ccc(-c4cc5ccc6ccccc6c5c5ccccc45)cc3)nc(-c3ccc(-c4ccnc5ccccc45)cc3)n2)cc1. The van der Waals surface area contributed by atoms with E-state index in [-0.39, 0.29) is 0 Å². The molecule has 3 nitrogen and oxygen atoms in total. The van der Waals surface area contributed by atoms with Gasteiger partial charge in [0.05, 0.1) is 16.9 Å². The van der Waals surface area contributed by atoms with Crippen molar-refractivity contribution in [2.45, 2.75) is 0 Å². The van der Waals surface area contributed by atoms with Crippen LogP contribution in [0, 0.1) is 0 Å². The largest absolute Gasteiger partial charge is 0.256 e. The molecule has 2 aromatic heterocycles. The highest BCUT2D eigenvalue weighted by atomic mass is 14.9. The Hall–Kier alpha value is -6.97. The van der Waals surface area contributed by atoms with Crippen molar-refractivity contribution in [3.63, 3.8) is 0 Å². The van der Waals surface area contributed by atoms with Gasteiger partial charge >= 0.3 is 0 Å². The Labute approximate surface area is 301 Å². The van der Waals surface area contributed by atoms with Crippen molar-refractivity contribution in [3.05, 3.63) is 188 Å². The predicted molar refractivity (Wildman–Crippen MR) is 217 cm³/mol. The monoisotopic (exact) mass is 661 g/mol. The molecule has 10 rings (SSSR count). The minimum absolute atomic E-state index is 0.694. The molecule has 0 aliphatic heterocycles. The zero-order valence-corrected chi connectivity index (χ0v) is 28.2. The third kappa shape index (κ3) is 5.19. The molecule has 0 amide bonds. The van der Waals surface area contributed by atoms with Crippen molar-refractivity contribution in [2.24, 2.45) is 0 Å². The van der Waals surface area contributed by atoms with E-state index in [1.807, 2.05) is 18.3 Å². The molecule has 0 bridgehead atoms. The molecule has 0 N–H and O–H groups in total. The van der Waals surface area contributed by atoms with Gasteiger partial charge in [0.1, 0.15) is 0 Å². The van der Waals surface area contributed by atoms with Gasteiger partial charge in [-0.25, -0.2) is 9.97 Å². The van der Waals surface area contributed by atoms with Gasteiger partial charge in [0.15, 0.2) is 5.82 Å². The molecule has 8 aromatic carbocycles. The van der Waals surface area contributed by atoms with Crippen molar-refractivity contribution in [2.75, 3.05) is 0 Å². The van der Waals surface area contributed by atoms with Gasteiger partial charge in [-0.1, -0.05) is 158 Å². The van der Waals surface area contributed by atoms with E-state index < -0.39 is 0 Å². The molecule has 0 spiro atoms. The van der Waals surface area contributed by atoms with E-state index in [1.54, 1.807) is 0 Å². The van der Waals surface area contributed by atoms with Crippen LogP contribution in [0.2, 0.25) is 0 Å². The van der Waals surface area contributed by atoms with Crippen LogP contribution in [0.1, 0.15) is 0 Å². The lowest BCUT2D eigenvalue weighted by Gasteiger charge is -2.14. The average molecular weight is 662 g/mol. The fourth-order valence-corrected chi connectivity index (χ4v) is 7.57. The lowest BCUT2D eigenvalue weighted by molar-refractivity contribution is 1.18. The first-order valence-electron chi connectivity index (χ1n) is 17.6. The molecular weight excluding hydrogens is 631 g/mol. The standard InChI is InChI=1S/C49H31N3/c1-2-11-35(12-3-1)46-31-47(52-49(51-46)37-25-20-33(21-26-37)39-28-29-50-45-17-9-8-15-42(39)45)36-23-18-34(19-24-36)44-30-38-27-22-32-10-4-5-13-40(32)48(38)43-16-7-6-14-41(43)44/h1-31H. The summed E-state index contributed by atoms with van der Waals surface area (Å²) in [4.78, 5) is 14.8. The molecule has 52 heavy (non-hydrogen) atoms. The lowest BCUT2D eigenvalue weighted by atomic mass is 9.90. The lowest BCUT2D eigenvalue weighted by Crippen LogP contribution is -1.96. The van der Waals surface area contributed by atoms with Crippen molar-refractivity contribution < 1.29 is 0 Å². The second kappa shape index (κ2) is 12.4. The Balaban J connectivity index is 1.06. The molecule has 2 heterocycles. The maximum Gasteiger partial charge on any atom is 0.160 e. The molecular formula is C49H31N3. The van der Waals surface area contributed by atoms with Crippen LogP contribution in [0.5, 0.6) is 0 Å². The number of fused-ring (bicyclic) bond motifs is 6. The van der Waals surface area contributed by atoms with Crippen LogP contribution in [0.25, 0.3) is 99.4 Å². The van der Waals surface area contributed by atoms with E-state index in [0.717, 1.165) is 50.1 Å².